The van der Waals surface area contributed by atoms with E-state index in [1.807, 2.05) is 30.3 Å². The van der Waals surface area contributed by atoms with E-state index in [-0.39, 0.29) is 0 Å². The molecule has 0 amide bonds. The van der Waals surface area contributed by atoms with Gasteiger partial charge in [0.2, 0.25) is 10.0 Å². The second kappa shape index (κ2) is 7.21. The van der Waals surface area contributed by atoms with Crippen LogP contribution in [0.3, 0.4) is 0 Å². The first kappa shape index (κ1) is 17.4. The first-order chi connectivity index (χ1) is 11.5. The van der Waals surface area contributed by atoms with E-state index >= 15 is 0 Å². The highest BCUT2D eigenvalue weighted by Crippen LogP contribution is 2.23. The summed E-state index contributed by atoms with van der Waals surface area (Å²) < 4.78 is 28.2. The lowest BCUT2D eigenvalue weighted by atomic mass is 9.98. The van der Waals surface area contributed by atoms with Crippen LogP contribution in [0.25, 0.3) is 10.8 Å². The van der Waals surface area contributed by atoms with Gasteiger partial charge in [-0.3, -0.25) is 4.90 Å². The molecule has 2 aromatic carbocycles. The van der Waals surface area contributed by atoms with Gasteiger partial charge in [0.1, 0.15) is 0 Å². The van der Waals surface area contributed by atoms with Gasteiger partial charge in [-0.2, -0.15) is 0 Å². The largest absolute Gasteiger partial charge is 0.297 e. The minimum atomic E-state index is -3.50. The van der Waals surface area contributed by atoms with Gasteiger partial charge in [-0.05, 0) is 38.1 Å². The van der Waals surface area contributed by atoms with Crippen LogP contribution < -0.4 is 4.72 Å². The van der Waals surface area contributed by atoms with E-state index in [0.717, 1.165) is 17.3 Å². The molecule has 130 valence electrons. The van der Waals surface area contributed by atoms with Crippen molar-refractivity contribution in [1.29, 1.82) is 0 Å². The van der Waals surface area contributed by atoms with Crippen molar-refractivity contribution < 1.29 is 8.42 Å². The van der Waals surface area contributed by atoms with Crippen LogP contribution in [0.5, 0.6) is 0 Å². The van der Waals surface area contributed by atoms with E-state index in [2.05, 4.69) is 23.5 Å². The van der Waals surface area contributed by atoms with Crippen LogP contribution in [0.2, 0.25) is 0 Å². The Balaban J connectivity index is 1.72. The molecule has 1 N–H and O–H groups in total. The summed E-state index contributed by atoms with van der Waals surface area (Å²) in [6.07, 6.45) is 3.65. The molecule has 1 aliphatic rings. The topological polar surface area (TPSA) is 49.4 Å². The van der Waals surface area contributed by atoms with Gasteiger partial charge in [0.15, 0.2) is 0 Å². The molecule has 0 aromatic heterocycles. The molecule has 2 unspecified atom stereocenters. The number of piperidine rings is 1. The third-order valence-electron chi connectivity index (χ3n) is 5.08. The Morgan fingerprint density at radius 3 is 2.46 bits per heavy atom. The Labute approximate surface area is 144 Å². The molecule has 1 fully saturated rings. The molecule has 1 aliphatic heterocycles. The molecule has 0 saturated carbocycles. The fourth-order valence-corrected chi connectivity index (χ4v) is 4.98. The third kappa shape index (κ3) is 3.63. The van der Waals surface area contributed by atoms with Crippen molar-refractivity contribution in [1.82, 2.24) is 9.62 Å². The summed E-state index contributed by atoms with van der Waals surface area (Å²) in [6.45, 7) is 5.66. The second-order valence-electron chi connectivity index (χ2n) is 6.74. The Bertz CT molecular complexity index is 789. The van der Waals surface area contributed by atoms with Gasteiger partial charge in [0.25, 0.3) is 0 Å². The maximum atomic E-state index is 12.7. The first-order valence-electron chi connectivity index (χ1n) is 8.72. The third-order valence-corrected chi connectivity index (χ3v) is 6.60. The Morgan fingerprint density at radius 1 is 1.04 bits per heavy atom. The number of benzene rings is 2. The van der Waals surface area contributed by atoms with Crippen LogP contribution in [0.15, 0.2) is 47.4 Å². The first-order valence-corrected chi connectivity index (χ1v) is 10.2. The number of hydrogen-bond acceptors (Lipinski definition) is 3. The van der Waals surface area contributed by atoms with Crippen LogP contribution in [-0.2, 0) is 10.0 Å². The highest BCUT2D eigenvalue weighted by atomic mass is 32.2. The lowest BCUT2D eigenvalue weighted by Gasteiger charge is -2.39. The van der Waals surface area contributed by atoms with Crippen LogP contribution in [0.4, 0.5) is 0 Å². The second-order valence-corrected chi connectivity index (χ2v) is 8.48. The number of rotatable bonds is 5. The van der Waals surface area contributed by atoms with Crippen LogP contribution in [0.1, 0.15) is 33.1 Å². The van der Waals surface area contributed by atoms with Crippen molar-refractivity contribution in [3.8, 4) is 0 Å². The van der Waals surface area contributed by atoms with Crippen molar-refractivity contribution in [2.75, 3.05) is 13.1 Å². The predicted octanol–water partition coefficient (Wildman–Crippen LogP) is 3.38. The van der Waals surface area contributed by atoms with Crippen molar-refractivity contribution >= 4 is 20.8 Å². The Kier molecular flexibility index (Phi) is 5.23. The number of nitrogens with one attached hydrogen (secondary N) is 1. The zero-order chi connectivity index (χ0) is 17.2. The molecule has 0 aliphatic carbocycles. The van der Waals surface area contributed by atoms with Gasteiger partial charge in [-0.1, -0.05) is 42.8 Å². The van der Waals surface area contributed by atoms with E-state index in [1.54, 1.807) is 12.1 Å². The molecule has 1 heterocycles. The van der Waals surface area contributed by atoms with Crippen molar-refractivity contribution in [3.05, 3.63) is 42.5 Å². The zero-order valence-corrected chi connectivity index (χ0v) is 15.2. The zero-order valence-electron chi connectivity index (χ0n) is 14.4. The monoisotopic (exact) mass is 346 g/mol. The molecule has 0 bridgehead atoms. The maximum Gasteiger partial charge on any atom is 0.241 e. The van der Waals surface area contributed by atoms with E-state index in [9.17, 15) is 8.42 Å². The maximum absolute atomic E-state index is 12.7. The number of likely N-dealkylation sites (tertiary alicyclic amines) is 1. The molecule has 0 spiro atoms. The lowest BCUT2D eigenvalue weighted by Crippen LogP contribution is -2.47. The summed E-state index contributed by atoms with van der Waals surface area (Å²) in [4.78, 5) is 2.77. The van der Waals surface area contributed by atoms with Gasteiger partial charge < -0.3 is 0 Å². The highest BCUT2D eigenvalue weighted by molar-refractivity contribution is 7.89. The summed E-state index contributed by atoms with van der Waals surface area (Å²) in [7, 11) is -3.50. The molecule has 3 rings (SSSR count). The minimum Gasteiger partial charge on any atom is -0.297 e. The van der Waals surface area contributed by atoms with E-state index in [0.29, 0.717) is 23.5 Å². The molecule has 1 saturated heterocycles. The normalized spacial score (nSPS) is 22.8. The SMILES string of the molecule is CC1CCCC(C)N1CCNS(=O)(=O)c1cccc2ccccc12. The Hall–Kier alpha value is -1.43. The lowest BCUT2D eigenvalue weighted by molar-refractivity contribution is 0.106. The summed E-state index contributed by atoms with van der Waals surface area (Å²) in [5.41, 5.74) is 0. The van der Waals surface area contributed by atoms with Gasteiger partial charge in [-0.15, -0.1) is 0 Å². The number of hydrogen-bond donors (Lipinski definition) is 1. The number of sulfonamides is 1. The van der Waals surface area contributed by atoms with E-state index in [1.165, 1.54) is 19.3 Å². The summed E-state index contributed by atoms with van der Waals surface area (Å²) >= 11 is 0. The van der Waals surface area contributed by atoms with Crippen molar-refractivity contribution in [3.63, 3.8) is 0 Å². The predicted molar refractivity (Wildman–Crippen MR) is 98.6 cm³/mol. The molecule has 2 aromatic rings. The highest BCUT2D eigenvalue weighted by Gasteiger charge is 2.25. The average Bonchev–Trinajstić information content (AvgIpc) is 2.57. The molecule has 0 radical (unpaired) electrons. The van der Waals surface area contributed by atoms with Gasteiger partial charge >= 0.3 is 0 Å². The number of nitrogens with zero attached hydrogens (tertiary/aromatic N) is 1. The van der Waals surface area contributed by atoms with Crippen LogP contribution in [0, 0.1) is 0 Å². The summed E-state index contributed by atoms with van der Waals surface area (Å²) in [6, 6.07) is 14.0. The smallest absolute Gasteiger partial charge is 0.241 e. The molecular formula is C19H26N2O2S. The van der Waals surface area contributed by atoms with E-state index in [4.69, 9.17) is 0 Å². The van der Waals surface area contributed by atoms with Crippen LogP contribution in [-0.4, -0.2) is 38.5 Å². The summed E-state index contributed by atoms with van der Waals surface area (Å²) in [5.74, 6) is 0. The van der Waals surface area contributed by atoms with Gasteiger partial charge in [-0.25, -0.2) is 13.1 Å². The molecule has 4 nitrogen and oxygen atoms in total. The fourth-order valence-electron chi connectivity index (χ4n) is 3.73. The van der Waals surface area contributed by atoms with Crippen LogP contribution >= 0.6 is 0 Å². The molecule has 2 atom stereocenters. The summed E-state index contributed by atoms with van der Waals surface area (Å²) in [5, 5.41) is 1.71. The van der Waals surface area contributed by atoms with Crippen molar-refractivity contribution in [2.24, 2.45) is 0 Å². The van der Waals surface area contributed by atoms with Gasteiger partial charge in [0.05, 0.1) is 4.90 Å². The van der Waals surface area contributed by atoms with Crippen molar-refractivity contribution in [2.45, 2.75) is 50.1 Å². The molecular weight excluding hydrogens is 320 g/mol. The van der Waals surface area contributed by atoms with Gasteiger partial charge in [0, 0.05) is 30.6 Å². The molecule has 5 heteroatoms. The van der Waals surface area contributed by atoms with E-state index < -0.39 is 10.0 Å². The average molecular weight is 346 g/mol. The quantitative estimate of drug-likeness (QED) is 0.903. The minimum absolute atomic E-state index is 0.361. The Morgan fingerprint density at radius 2 is 1.71 bits per heavy atom. The molecule has 24 heavy (non-hydrogen) atoms. The standard InChI is InChI=1S/C19H26N2O2S/c1-15-7-5-8-16(2)21(15)14-13-20-24(22,23)19-12-6-10-17-9-3-4-11-18(17)19/h3-4,6,9-12,15-16,20H,5,7-8,13-14H2,1-2H3. The number of fused-ring (bicyclic) bond motifs is 1. The fraction of sp³-hybridized carbons (Fsp3) is 0.474.